The van der Waals surface area contributed by atoms with Gasteiger partial charge in [0.15, 0.2) is 0 Å². The third-order valence-corrected chi connectivity index (χ3v) is 6.64. The predicted octanol–water partition coefficient (Wildman–Crippen LogP) is -0.796. The molecule has 0 bridgehead atoms. The largest absolute Gasteiger partial charge is 0.379 e. The van der Waals surface area contributed by atoms with Crippen molar-refractivity contribution in [2.45, 2.75) is 19.3 Å². The maximum absolute atomic E-state index is 12.5. The van der Waals surface area contributed by atoms with Crippen LogP contribution < -0.4 is 0 Å². The van der Waals surface area contributed by atoms with Crippen LogP contribution in [-0.2, 0) is 24.2 Å². The van der Waals surface area contributed by atoms with Crippen molar-refractivity contribution >= 4 is 21.7 Å². The normalized spacial score (nSPS) is 23.7. The zero-order valence-corrected chi connectivity index (χ0v) is 16.3. The van der Waals surface area contributed by atoms with Crippen molar-refractivity contribution in [3.63, 3.8) is 0 Å². The van der Waals surface area contributed by atoms with E-state index in [9.17, 15) is 18.0 Å². The lowest BCUT2D eigenvalue weighted by Crippen LogP contribution is -2.53. The molecular weight excluding hydrogens is 358 g/mol. The van der Waals surface area contributed by atoms with Crippen LogP contribution in [0.25, 0.3) is 0 Å². The molecule has 0 N–H and O–H groups in total. The molecule has 148 valence electrons. The lowest BCUT2D eigenvalue weighted by Gasteiger charge is -2.36. The molecule has 0 spiro atoms. The number of ether oxygens (including phenoxy) is 1. The van der Waals surface area contributed by atoms with Crippen LogP contribution in [0, 0.1) is 5.41 Å². The van der Waals surface area contributed by atoms with Crippen LogP contribution in [0.4, 0.5) is 0 Å². The lowest BCUT2D eigenvalue weighted by molar-refractivity contribution is -0.141. The van der Waals surface area contributed by atoms with Crippen molar-refractivity contribution in [2.75, 3.05) is 71.0 Å². The third kappa shape index (κ3) is 5.40. The fourth-order valence-electron chi connectivity index (χ4n) is 3.79. The summed E-state index contributed by atoms with van der Waals surface area (Å²) in [7, 11) is -3.07. The Balaban J connectivity index is 1.43. The average molecular weight is 388 g/mol. The summed E-state index contributed by atoms with van der Waals surface area (Å²) in [6.07, 6.45) is 3.16. The highest BCUT2D eigenvalue weighted by Crippen LogP contribution is 2.50. The second-order valence-corrected chi connectivity index (χ2v) is 10.0. The van der Waals surface area contributed by atoms with Crippen molar-refractivity contribution in [3.05, 3.63) is 0 Å². The summed E-state index contributed by atoms with van der Waals surface area (Å²) in [6.45, 7) is 5.48. The first-order valence-electron chi connectivity index (χ1n) is 9.30. The van der Waals surface area contributed by atoms with Crippen LogP contribution in [0.5, 0.6) is 0 Å². The SMILES string of the molecule is CS(=O)(=O)CC1(CC(=O)N2CCN(C(=O)CN3CCOCC3)CC2)CC1. The monoisotopic (exact) mass is 387 g/mol. The van der Waals surface area contributed by atoms with Gasteiger partial charge in [0.25, 0.3) is 0 Å². The first-order valence-corrected chi connectivity index (χ1v) is 11.4. The molecule has 0 aromatic carbocycles. The Morgan fingerprint density at radius 3 is 1.96 bits per heavy atom. The van der Waals surface area contributed by atoms with E-state index in [4.69, 9.17) is 4.74 Å². The van der Waals surface area contributed by atoms with Crippen molar-refractivity contribution in [2.24, 2.45) is 5.41 Å². The van der Waals surface area contributed by atoms with Crippen LogP contribution in [0.15, 0.2) is 0 Å². The van der Waals surface area contributed by atoms with Crippen LogP contribution in [0.3, 0.4) is 0 Å². The van der Waals surface area contributed by atoms with Crippen LogP contribution >= 0.6 is 0 Å². The predicted molar refractivity (Wildman–Crippen MR) is 96.4 cm³/mol. The van der Waals surface area contributed by atoms with Crippen molar-refractivity contribution < 1.29 is 22.7 Å². The molecular formula is C17H29N3O5S. The zero-order valence-electron chi connectivity index (χ0n) is 15.5. The highest BCUT2D eigenvalue weighted by Gasteiger charge is 2.47. The molecule has 2 heterocycles. The molecule has 9 heteroatoms. The molecule has 0 unspecified atom stereocenters. The number of sulfone groups is 1. The van der Waals surface area contributed by atoms with E-state index < -0.39 is 9.84 Å². The molecule has 2 amide bonds. The van der Waals surface area contributed by atoms with E-state index in [1.807, 2.05) is 4.90 Å². The van der Waals surface area contributed by atoms with E-state index in [0.717, 1.165) is 25.9 Å². The summed E-state index contributed by atoms with van der Waals surface area (Å²) in [5.41, 5.74) is -0.339. The minimum Gasteiger partial charge on any atom is -0.379 e. The third-order valence-electron chi connectivity index (χ3n) is 5.50. The molecule has 26 heavy (non-hydrogen) atoms. The lowest BCUT2D eigenvalue weighted by atomic mass is 10.0. The molecule has 0 radical (unpaired) electrons. The molecule has 3 aliphatic rings. The first kappa shape index (κ1) is 19.6. The average Bonchev–Trinajstić information content (AvgIpc) is 3.32. The van der Waals surface area contributed by atoms with Gasteiger partial charge in [-0.05, 0) is 18.3 Å². The Morgan fingerprint density at radius 2 is 1.46 bits per heavy atom. The minimum atomic E-state index is -3.07. The molecule has 1 aliphatic carbocycles. The number of hydrogen-bond acceptors (Lipinski definition) is 6. The van der Waals surface area contributed by atoms with Crippen molar-refractivity contribution in [1.82, 2.24) is 14.7 Å². The van der Waals surface area contributed by atoms with E-state index in [1.54, 1.807) is 4.90 Å². The molecule has 0 aromatic rings. The highest BCUT2D eigenvalue weighted by atomic mass is 32.2. The summed E-state index contributed by atoms with van der Waals surface area (Å²) in [6, 6.07) is 0. The Morgan fingerprint density at radius 1 is 0.923 bits per heavy atom. The summed E-state index contributed by atoms with van der Waals surface area (Å²) in [4.78, 5) is 30.7. The Bertz CT molecular complexity index is 633. The van der Waals surface area contributed by atoms with Gasteiger partial charge in [-0.2, -0.15) is 0 Å². The van der Waals surface area contributed by atoms with E-state index in [0.29, 0.717) is 52.4 Å². The fourth-order valence-corrected chi connectivity index (χ4v) is 5.30. The number of piperazine rings is 1. The van der Waals surface area contributed by atoms with Gasteiger partial charge < -0.3 is 14.5 Å². The number of carbonyl (C=O) groups excluding carboxylic acids is 2. The van der Waals surface area contributed by atoms with E-state index in [1.165, 1.54) is 6.26 Å². The van der Waals surface area contributed by atoms with E-state index in [2.05, 4.69) is 4.90 Å². The number of hydrogen-bond donors (Lipinski definition) is 0. The topological polar surface area (TPSA) is 87.2 Å². The molecule has 2 aliphatic heterocycles. The second-order valence-electron chi connectivity index (χ2n) is 7.90. The molecule has 8 nitrogen and oxygen atoms in total. The van der Waals surface area contributed by atoms with Crippen LogP contribution in [-0.4, -0.2) is 106 Å². The van der Waals surface area contributed by atoms with Crippen molar-refractivity contribution in [1.29, 1.82) is 0 Å². The number of morpholine rings is 1. The fraction of sp³-hybridized carbons (Fsp3) is 0.882. The molecule has 2 saturated heterocycles. The smallest absolute Gasteiger partial charge is 0.236 e. The summed E-state index contributed by atoms with van der Waals surface area (Å²) >= 11 is 0. The summed E-state index contributed by atoms with van der Waals surface area (Å²) < 4.78 is 28.4. The number of carbonyl (C=O) groups is 2. The number of nitrogens with zero attached hydrogens (tertiary/aromatic N) is 3. The minimum absolute atomic E-state index is 0.0198. The van der Waals surface area contributed by atoms with Gasteiger partial charge in [-0.15, -0.1) is 0 Å². The van der Waals surface area contributed by atoms with Gasteiger partial charge in [0, 0.05) is 51.9 Å². The van der Waals surface area contributed by atoms with Crippen LogP contribution in [0.2, 0.25) is 0 Å². The van der Waals surface area contributed by atoms with Gasteiger partial charge >= 0.3 is 0 Å². The van der Waals surface area contributed by atoms with Gasteiger partial charge in [0.2, 0.25) is 11.8 Å². The second kappa shape index (κ2) is 7.82. The number of rotatable bonds is 6. The zero-order chi connectivity index (χ0) is 18.8. The van der Waals surface area contributed by atoms with Crippen molar-refractivity contribution in [3.8, 4) is 0 Å². The van der Waals surface area contributed by atoms with Gasteiger partial charge in [-0.3, -0.25) is 14.5 Å². The molecule has 1 saturated carbocycles. The Hall–Kier alpha value is -1.19. The molecule has 0 atom stereocenters. The number of amides is 2. The highest BCUT2D eigenvalue weighted by molar-refractivity contribution is 7.90. The summed E-state index contributed by atoms with van der Waals surface area (Å²) in [5.74, 6) is 0.227. The molecule has 3 rings (SSSR count). The van der Waals surface area contributed by atoms with E-state index in [-0.39, 0.29) is 23.0 Å². The van der Waals surface area contributed by atoms with Gasteiger partial charge in [0.1, 0.15) is 9.84 Å². The summed E-state index contributed by atoms with van der Waals surface area (Å²) in [5, 5.41) is 0. The van der Waals surface area contributed by atoms with Crippen LogP contribution in [0.1, 0.15) is 19.3 Å². The van der Waals surface area contributed by atoms with E-state index >= 15 is 0 Å². The first-order chi connectivity index (χ1) is 12.3. The maximum atomic E-state index is 12.5. The quantitative estimate of drug-likeness (QED) is 0.593. The van der Waals surface area contributed by atoms with Gasteiger partial charge in [0.05, 0.1) is 25.5 Å². The van der Waals surface area contributed by atoms with Gasteiger partial charge in [-0.1, -0.05) is 0 Å². The maximum Gasteiger partial charge on any atom is 0.236 e. The molecule has 0 aromatic heterocycles. The Kier molecular flexibility index (Phi) is 5.88. The van der Waals surface area contributed by atoms with Gasteiger partial charge in [-0.25, -0.2) is 8.42 Å². The Labute approximate surface area is 155 Å². The standard InChI is InChI=1S/C17H29N3O5S/c1-26(23,24)14-17(2-3-17)12-15(21)19-4-6-20(7-5-19)16(22)13-18-8-10-25-11-9-18/h2-14H2,1H3. The molecule has 3 fully saturated rings.